The maximum atomic E-state index is 12.6. The first-order valence-electron chi connectivity index (χ1n) is 10.1. The molecule has 0 saturated heterocycles. The molecule has 0 bridgehead atoms. The summed E-state index contributed by atoms with van der Waals surface area (Å²) < 4.78 is 1.24. The van der Waals surface area contributed by atoms with Crippen molar-refractivity contribution in [3.8, 4) is 0 Å². The van der Waals surface area contributed by atoms with E-state index in [4.69, 9.17) is 4.84 Å². The van der Waals surface area contributed by atoms with Gasteiger partial charge in [0.2, 0.25) is 0 Å². The first kappa shape index (κ1) is 22.0. The van der Waals surface area contributed by atoms with Crippen LogP contribution in [0.4, 0.5) is 0 Å². The highest BCUT2D eigenvalue weighted by Gasteiger charge is 2.20. The van der Waals surface area contributed by atoms with Crippen LogP contribution in [0.25, 0.3) is 0 Å². The third-order valence-electron chi connectivity index (χ3n) is 4.75. The molecule has 30 heavy (non-hydrogen) atoms. The Morgan fingerprint density at radius 1 is 1.00 bits per heavy atom. The first-order chi connectivity index (χ1) is 14.2. The second-order valence-corrected chi connectivity index (χ2v) is 8.99. The molecule has 158 valence electrons. The van der Waals surface area contributed by atoms with Gasteiger partial charge >= 0.3 is 5.69 Å². The maximum Gasteiger partial charge on any atom is 0.362 e. The van der Waals surface area contributed by atoms with Crippen molar-refractivity contribution in [2.24, 2.45) is 0 Å². The fourth-order valence-corrected chi connectivity index (χ4v) is 4.83. The normalized spacial score (nSPS) is 11.1. The van der Waals surface area contributed by atoms with Crippen LogP contribution in [0.2, 0.25) is 0 Å². The van der Waals surface area contributed by atoms with Crippen LogP contribution in [0.5, 0.6) is 0 Å². The standard InChI is InChI=1S/C24H28N2O3S/c1-15(2)21-22(27)25-24(28)26(29-10-9-19-8-6-7-16(3)12-19)23(21)30-20-13-17(4)11-18(5)14-20/h6-8,11-15H,9-10H2,1-5H3,(H,25,27,28). The van der Waals surface area contributed by atoms with Gasteiger partial charge < -0.3 is 4.84 Å². The quantitative estimate of drug-likeness (QED) is 0.571. The molecule has 0 spiro atoms. The average Bonchev–Trinajstić information content (AvgIpc) is 2.63. The molecule has 0 atom stereocenters. The summed E-state index contributed by atoms with van der Waals surface area (Å²) in [5, 5.41) is 0.535. The third-order valence-corrected chi connectivity index (χ3v) is 5.80. The number of aryl methyl sites for hydroxylation is 3. The minimum absolute atomic E-state index is 0.0608. The van der Waals surface area contributed by atoms with E-state index >= 15 is 0 Å². The van der Waals surface area contributed by atoms with Crippen molar-refractivity contribution >= 4 is 11.8 Å². The molecule has 0 aliphatic heterocycles. The second kappa shape index (κ2) is 9.39. The molecule has 0 unspecified atom stereocenters. The molecule has 2 aromatic carbocycles. The lowest BCUT2D eigenvalue weighted by Gasteiger charge is -2.18. The number of hydrogen-bond acceptors (Lipinski definition) is 4. The van der Waals surface area contributed by atoms with E-state index in [1.165, 1.54) is 22.1 Å². The SMILES string of the molecule is Cc1cccc(CCOn2c(Sc3cc(C)cc(C)c3)c(C(C)C)c(=O)[nH]c2=O)c1. The van der Waals surface area contributed by atoms with Crippen LogP contribution in [-0.2, 0) is 6.42 Å². The zero-order valence-corrected chi connectivity index (χ0v) is 18.9. The van der Waals surface area contributed by atoms with Gasteiger partial charge in [-0.1, -0.05) is 61.5 Å². The molecule has 5 nitrogen and oxygen atoms in total. The predicted molar refractivity (Wildman–Crippen MR) is 122 cm³/mol. The largest absolute Gasteiger partial charge is 0.408 e. The van der Waals surface area contributed by atoms with Crippen LogP contribution in [-0.4, -0.2) is 16.3 Å². The van der Waals surface area contributed by atoms with Gasteiger partial charge in [-0.15, -0.1) is 4.73 Å². The molecule has 0 fully saturated rings. The van der Waals surface area contributed by atoms with Crippen LogP contribution < -0.4 is 16.1 Å². The predicted octanol–water partition coefficient (Wildman–Crippen LogP) is 4.41. The summed E-state index contributed by atoms with van der Waals surface area (Å²) in [7, 11) is 0. The van der Waals surface area contributed by atoms with E-state index in [2.05, 4.69) is 17.1 Å². The summed E-state index contributed by atoms with van der Waals surface area (Å²) in [6, 6.07) is 14.4. The molecule has 6 heteroatoms. The van der Waals surface area contributed by atoms with Gasteiger partial charge in [-0.3, -0.25) is 9.78 Å². The highest BCUT2D eigenvalue weighted by molar-refractivity contribution is 7.99. The van der Waals surface area contributed by atoms with Crippen molar-refractivity contribution in [3.05, 3.63) is 91.1 Å². The first-order valence-corrected chi connectivity index (χ1v) is 10.9. The van der Waals surface area contributed by atoms with Crippen LogP contribution in [0.15, 0.2) is 62.0 Å². The van der Waals surface area contributed by atoms with Gasteiger partial charge in [-0.2, -0.15) is 0 Å². The lowest BCUT2D eigenvalue weighted by Crippen LogP contribution is -2.38. The van der Waals surface area contributed by atoms with E-state index in [0.717, 1.165) is 21.6 Å². The Kier molecular flexibility index (Phi) is 6.87. The van der Waals surface area contributed by atoms with Gasteiger partial charge in [-0.05, 0) is 55.5 Å². The van der Waals surface area contributed by atoms with E-state index in [-0.39, 0.29) is 11.5 Å². The van der Waals surface area contributed by atoms with E-state index in [1.54, 1.807) is 0 Å². The molecule has 1 heterocycles. The minimum Gasteiger partial charge on any atom is -0.408 e. The molecule has 1 N–H and O–H groups in total. The van der Waals surface area contributed by atoms with Crippen molar-refractivity contribution in [1.29, 1.82) is 0 Å². The summed E-state index contributed by atoms with van der Waals surface area (Å²) in [6.07, 6.45) is 0.665. The van der Waals surface area contributed by atoms with Crippen LogP contribution >= 0.6 is 11.8 Å². The number of aromatic amines is 1. The molecule has 0 amide bonds. The van der Waals surface area contributed by atoms with Crippen LogP contribution in [0, 0.1) is 20.8 Å². The van der Waals surface area contributed by atoms with E-state index in [0.29, 0.717) is 23.6 Å². The Bertz CT molecular complexity index is 1140. The number of nitrogens with zero attached hydrogens (tertiary/aromatic N) is 1. The Labute approximate surface area is 181 Å². The average molecular weight is 425 g/mol. The molecule has 3 aromatic rings. The zero-order chi connectivity index (χ0) is 21.8. The highest BCUT2D eigenvalue weighted by Crippen LogP contribution is 2.32. The Balaban J connectivity index is 1.97. The van der Waals surface area contributed by atoms with Gasteiger partial charge in [0, 0.05) is 11.3 Å². The summed E-state index contributed by atoms with van der Waals surface area (Å²) in [5.41, 5.74) is 4.21. The molecule has 0 aliphatic carbocycles. The summed E-state index contributed by atoms with van der Waals surface area (Å²) >= 11 is 1.39. The van der Waals surface area contributed by atoms with Gasteiger partial charge in [-0.25, -0.2) is 4.79 Å². The number of benzene rings is 2. The Hall–Kier alpha value is -2.73. The van der Waals surface area contributed by atoms with E-state index < -0.39 is 5.69 Å². The molecule has 3 rings (SSSR count). The van der Waals surface area contributed by atoms with Crippen molar-refractivity contribution < 1.29 is 4.84 Å². The molecule has 0 radical (unpaired) electrons. The number of hydrogen-bond donors (Lipinski definition) is 1. The lowest BCUT2D eigenvalue weighted by molar-refractivity contribution is 0.0804. The van der Waals surface area contributed by atoms with E-state index in [1.807, 2.05) is 65.0 Å². The molecular weight excluding hydrogens is 396 g/mol. The Morgan fingerprint density at radius 3 is 2.33 bits per heavy atom. The number of H-pyrrole nitrogens is 1. The van der Waals surface area contributed by atoms with Gasteiger partial charge in [0.25, 0.3) is 5.56 Å². The lowest BCUT2D eigenvalue weighted by atomic mass is 10.1. The highest BCUT2D eigenvalue weighted by atomic mass is 32.2. The van der Waals surface area contributed by atoms with Crippen molar-refractivity contribution in [2.75, 3.05) is 6.61 Å². The fourth-order valence-electron chi connectivity index (χ4n) is 3.46. The third kappa shape index (κ3) is 5.25. The summed E-state index contributed by atoms with van der Waals surface area (Å²) in [4.78, 5) is 34.5. The smallest absolute Gasteiger partial charge is 0.362 e. The van der Waals surface area contributed by atoms with Gasteiger partial charge in [0.05, 0.1) is 5.56 Å². The number of nitrogens with one attached hydrogen (secondary N) is 1. The van der Waals surface area contributed by atoms with Crippen molar-refractivity contribution in [3.63, 3.8) is 0 Å². The number of rotatable bonds is 7. The van der Waals surface area contributed by atoms with Crippen LogP contribution in [0.1, 0.15) is 47.6 Å². The second-order valence-electron chi connectivity index (χ2n) is 7.92. The van der Waals surface area contributed by atoms with E-state index in [9.17, 15) is 9.59 Å². The topological polar surface area (TPSA) is 64.1 Å². The van der Waals surface area contributed by atoms with Crippen molar-refractivity contribution in [2.45, 2.75) is 56.9 Å². The summed E-state index contributed by atoms with van der Waals surface area (Å²) in [6.45, 7) is 10.3. The Morgan fingerprint density at radius 2 is 1.70 bits per heavy atom. The maximum absolute atomic E-state index is 12.6. The monoisotopic (exact) mass is 424 g/mol. The zero-order valence-electron chi connectivity index (χ0n) is 18.1. The van der Waals surface area contributed by atoms with Crippen LogP contribution in [0.3, 0.4) is 0 Å². The van der Waals surface area contributed by atoms with Gasteiger partial charge in [0.15, 0.2) is 0 Å². The number of aromatic nitrogens is 2. The molecule has 0 saturated carbocycles. The molecule has 1 aromatic heterocycles. The fraction of sp³-hybridized carbons (Fsp3) is 0.333. The minimum atomic E-state index is -0.555. The summed E-state index contributed by atoms with van der Waals surface area (Å²) in [5.74, 6) is -0.0608. The molecular formula is C24H28N2O3S. The van der Waals surface area contributed by atoms with Gasteiger partial charge in [0.1, 0.15) is 11.6 Å². The molecule has 0 aliphatic rings. The van der Waals surface area contributed by atoms with Crippen molar-refractivity contribution in [1.82, 2.24) is 9.71 Å².